The van der Waals surface area contributed by atoms with Crippen LogP contribution in [0.3, 0.4) is 0 Å². The van der Waals surface area contributed by atoms with Gasteiger partial charge >= 0.3 is 0 Å². The lowest BCUT2D eigenvalue weighted by Gasteiger charge is -2.14. The summed E-state index contributed by atoms with van der Waals surface area (Å²) in [5.74, 6) is 0.696. The molecule has 158 valence electrons. The molecule has 9 heteroatoms. The molecule has 7 nitrogen and oxygen atoms in total. The van der Waals surface area contributed by atoms with Gasteiger partial charge in [-0.3, -0.25) is 9.55 Å². The van der Waals surface area contributed by atoms with Gasteiger partial charge in [0.05, 0.1) is 25.4 Å². The molecule has 1 aliphatic heterocycles. The Morgan fingerprint density at radius 1 is 1.20 bits per heavy atom. The smallest absolute Gasteiger partial charge is 0.196 e. The van der Waals surface area contributed by atoms with E-state index in [9.17, 15) is 9.50 Å². The summed E-state index contributed by atoms with van der Waals surface area (Å²) in [5.41, 5.74) is 1.58. The van der Waals surface area contributed by atoms with Gasteiger partial charge in [-0.2, -0.15) is 0 Å². The number of hydrogen-bond donors (Lipinski definition) is 1. The fourth-order valence-electron chi connectivity index (χ4n) is 3.20. The molecule has 3 aromatic rings. The molecule has 0 saturated carbocycles. The second-order valence-corrected chi connectivity index (χ2v) is 7.98. The van der Waals surface area contributed by atoms with Gasteiger partial charge in [0.1, 0.15) is 5.82 Å². The van der Waals surface area contributed by atoms with E-state index < -0.39 is 6.10 Å². The molecule has 1 N–H and O–H groups in total. The van der Waals surface area contributed by atoms with Gasteiger partial charge in [-0.15, -0.1) is 10.2 Å². The Labute approximate surface area is 178 Å². The average Bonchev–Trinajstić information content (AvgIpc) is 3.43. The summed E-state index contributed by atoms with van der Waals surface area (Å²) in [4.78, 5) is 4.04. The Balaban J connectivity index is 1.45. The summed E-state index contributed by atoms with van der Waals surface area (Å²) in [5, 5.41) is 19.5. The first-order chi connectivity index (χ1) is 14.7. The lowest BCUT2D eigenvalue weighted by molar-refractivity contribution is -0.0114. The van der Waals surface area contributed by atoms with Crippen molar-refractivity contribution < 1.29 is 19.0 Å². The minimum Gasteiger partial charge on any atom is -0.390 e. The molecule has 0 unspecified atom stereocenters. The SMILES string of the molecule is O[C@H](COC[C@@H]1CCCO1)CSc1nnc(-c2ccncc2)n1-c1ccc(F)cc1. The number of halogens is 1. The number of aliphatic hydroxyl groups is 1. The van der Waals surface area contributed by atoms with E-state index in [-0.39, 0.29) is 18.5 Å². The number of thioether (sulfide) groups is 1. The van der Waals surface area contributed by atoms with Gasteiger partial charge in [0.2, 0.25) is 0 Å². The molecule has 1 fully saturated rings. The number of rotatable bonds is 9. The van der Waals surface area contributed by atoms with Crippen molar-refractivity contribution in [3.8, 4) is 17.1 Å². The average molecular weight is 431 g/mol. The van der Waals surface area contributed by atoms with Gasteiger partial charge in [0.15, 0.2) is 11.0 Å². The van der Waals surface area contributed by atoms with Gasteiger partial charge < -0.3 is 14.6 Å². The molecule has 1 aliphatic rings. The Morgan fingerprint density at radius 2 is 2.00 bits per heavy atom. The van der Waals surface area contributed by atoms with Crippen LogP contribution in [-0.2, 0) is 9.47 Å². The summed E-state index contributed by atoms with van der Waals surface area (Å²) in [6.07, 6.45) is 4.91. The quantitative estimate of drug-likeness (QED) is 0.522. The minimum absolute atomic E-state index is 0.134. The maximum Gasteiger partial charge on any atom is 0.196 e. The molecule has 4 rings (SSSR count). The van der Waals surface area contributed by atoms with Crippen LogP contribution in [0.1, 0.15) is 12.8 Å². The lowest BCUT2D eigenvalue weighted by Crippen LogP contribution is -2.22. The van der Waals surface area contributed by atoms with Crippen LogP contribution in [0.4, 0.5) is 4.39 Å². The molecule has 0 spiro atoms. The molecule has 0 radical (unpaired) electrons. The number of aliphatic hydroxyl groups excluding tert-OH is 1. The first kappa shape index (κ1) is 20.9. The molecule has 2 aromatic heterocycles. The van der Waals surface area contributed by atoms with Gasteiger partial charge in [-0.1, -0.05) is 11.8 Å². The Kier molecular flexibility index (Phi) is 7.06. The zero-order chi connectivity index (χ0) is 20.8. The zero-order valence-corrected chi connectivity index (χ0v) is 17.2. The van der Waals surface area contributed by atoms with E-state index in [2.05, 4.69) is 15.2 Å². The van der Waals surface area contributed by atoms with E-state index in [4.69, 9.17) is 9.47 Å². The van der Waals surface area contributed by atoms with Crippen LogP contribution in [0.25, 0.3) is 17.1 Å². The molecule has 1 aromatic carbocycles. The highest BCUT2D eigenvalue weighted by molar-refractivity contribution is 7.99. The summed E-state index contributed by atoms with van der Waals surface area (Å²) in [6.45, 7) is 1.51. The minimum atomic E-state index is -0.654. The largest absolute Gasteiger partial charge is 0.390 e. The summed E-state index contributed by atoms with van der Waals surface area (Å²) in [6, 6.07) is 9.82. The van der Waals surface area contributed by atoms with Crippen molar-refractivity contribution in [1.29, 1.82) is 0 Å². The van der Waals surface area contributed by atoms with E-state index in [1.165, 1.54) is 23.9 Å². The fourth-order valence-corrected chi connectivity index (χ4v) is 4.06. The Morgan fingerprint density at radius 3 is 2.73 bits per heavy atom. The van der Waals surface area contributed by atoms with Crippen molar-refractivity contribution >= 4 is 11.8 Å². The number of nitrogens with zero attached hydrogens (tertiary/aromatic N) is 4. The maximum atomic E-state index is 13.4. The number of benzene rings is 1. The van der Waals surface area contributed by atoms with E-state index in [0.29, 0.717) is 23.3 Å². The van der Waals surface area contributed by atoms with Crippen molar-refractivity contribution in [3.63, 3.8) is 0 Å². The highest BCUT2D eigenvalue weighted by Gasteiger charge is 2.19. The van der Waals surface area contributed by atoms with E-state index in [0.717, 1.165) is 30.7 Å². The predicted molar refractivity (Wildman–Crippen MR) is 111 cm³/mol. The fraction of sp³-hybridized carbons (Fsp3) is 0.381. The molecule has 2 atom stereocenters. The van der Waals surface area contributed by atoms with E-state index in [1.807, 2.05) is 16.7 Å². The normalized spacial score (nSPS) is 17.3. The molecule has 0 bridgehead atoms. The molecular formula is C21H23FN4O3S. The highest BCUT2D eigenvalue weighted by atomic mass is 32.2. The standard InChI is InChI=1S/C21H23FN4O3S/c22-16-3-5-17(6-4-16)26-20(15-7-9-23-10-8-15)24-25-21(26)30-14-18(27)12-28-13-19-2-1-11-29-19/h3-10,18-19,27H,1-2,11-14H2/t18-,19+/m1/s1. The first-order valence-corrected chi connectivity index (χ1v) is 10.8. The van der Waals surface area contributed by atoms with Crippen LogP contribution in [0.2, 0.25) is 0 Å². The van der Waals surface area contributed by atoms with Crippen LogP contribution >= 0.6 is 11.8 Å². The summed E-state index contributed by atoms with van der Waals surface area (Å²) < 4.78 is 26.4. The second-order valence-electron chi connectivity index (χ2n) is 6.99. The number of aromatic nitrogens is 4. The van der Waals surface area contributed by atoms with Gasteiger partial charge in [-0.05, 0) is 49.2 Å². The van der Waals surface area contributed by atoms with E-state index >= 15 is 0 Å². The number of ether oxygens (including phenoxy) is 2. The molecule has 30 heavy (non-hydrogen) atoms. The van der Waals surface area contributed by atoms with Crippen LogP contribution in [0.5, 0.6) is 0 Å². The van der Waals surface area contributed by atoms with Crippen molar-refractivity contribution in [3.05, 3.63) is 54.6 Å². The number of pyridine rings is 1. The van der Waals surface area contributed by atoms with Crippen LogP contribution < -0.4 is 0 Å². The number of hydrogen-bond acceptors (Lipinski definition) is 7. The Bertz CT molecular complexity index is 933. The van der Waals surface area contributed by atoms with Crippen LogP contribution in [0, 0.1) is 5.82 Å². The summed E-state index contributed by atoms with van der Waals surface area (Å²) in [7, 11) is 0. The van der Waals surface area contributed by atoms with Crippen molar-refractivity contribution in [2.45, 2.75) is 30.2 Å². The van der Waals surface area contributed by atoms with Crippen molar-refractivity contribution in [2.75, 3.05) is 25.6 Å². The molecule has 1 saturated heterocycles. The van der Waals surface area contributed by atoms with Gasteiger partial charge in [0, 0.05) is 36.0 Å². The highest BCUT2D eigenvalue weighted by Crippen LogP contribution is 2.28. The Hall–Kier alpha value is -2.33. The van der Waals surface area contributed by atoms with E-state index in [1.54, 1.807) is 24.5 Å². The van der Waals surface area contributed by atoms with Crippen LogP contribution in [0.15, 0.2) is 53.9 Å². The molecule has 0 aliphatic carbocycles. The molecular weight excluding hydrogens is 407 g/mol. The lowest BCUT2D eigenvalue weighted by atomic mass is 10.2. The predicted octanol–water partition coefficient (Wildman–Crippen LogP) is 3.12. The maximum absolute atomic E-state index is 13.4. The first-order valence-electron chi connectivity index (χ1n) is 9.82. The topological polar surface area (TPSA) is 82.3 Å². The van der Waals surface area contributed by atoms with Crippen molar-refractivity contribution in [1.82, 2.24) is 19.7 Å². The third kappa shape index (κ3) is 5.23. The second kappa shape index (κ2) is 10.1. The van der Waals surface area contributed by atoms with Crippen molar-refractivity contribution in [2.24, 2.45) is 0 Å². The zero-order valence-electron chi connectivity index (χ0n) is 16.4. The third-order valence-corrected chi connectivity index (χ3v) is 5.77. The third-order valence-electron chi connectivity index (χ3n) is 4.70. The molecule has 0 amide bonds. The molecule has 3 heterocycles. The van der Waals surface area contributed by atoms with Crippen LogP contribution in [-0.4, -0.2) is 62.6 Å². The summed E-state index contributed by atoms with van der Waals surface area (Å²) >= 11 is 1.37. The van der Waals surface area contributed by atoms with Gasteiger partial charge in [-0.25, -0.2) is 4.39 Å². The monoisotopic (exact) mass is 430 g/mol. The van der Waals surface area contributed by atoms with Gasteiger partial charge in [0.25, 0.3) is 0 Å².